The molecule has 1 aliphatic rings. The lowest BCUT2D eigenvalue weighted by atomic mass is 10.2. The molecule has 1 saturated heterocycles. The van der Waals surface area contributed by atoms with E-state index in [1.54, 1.807) is 0 Å². The molecule has 0 bridgehead atoms. The van der Waals surface area contributed by atoms with E-state index in [4.69, 9.17) is 9.47 Å². The third kappa shape index (κ3) is 5.37. The molecule has 1 fully saturated rings. The summed E-state index contributed by atoms with van der Waals surface area (Å²) in [4.78, 5) is 2.39. The van der Waals surface area contributed by atoms with Gasteiger partial charge in [0.15, 0.2) is 0 Å². The van der Waals surface area contributed by atoms with Crippen LogP contribution < -0.4 is 4.74 Å². The Morgan fingerprint density at radius 2 is 1.95 bits per heavy atom. The Bertz CT molecular complexity index is 356. The van der Waals surface area contributed by atoms with Gasteiger partial charge in [-0.2, -0.15) is 0 Å². The number of ether oxygens (including phenoxy) is 2. The predicted molar refractivity (Wildman–Crippen MR) is 77.0 cm³/mol. The zero-order valence-electron chi connectivity index (χ0n) is 11.1. The van der Waals surface area contributed by atoms with Crippen molar-refractivity contribution >= 4 is 12.4 Å². The van der Waals surface area contributed by atoms with Crippen molar-refractivity contribution in [2.75, 3.05) is 39.5 Å². The summed E-state index contributed by atoms with van der Waals surface area (Å²) in [5, 5.41) is 9.18. The van der Waals surface area contributed by atoms with Crippen LogP contribution in [0.25, 0.3) is 0 Å². The van der Waals surface area contributed by atoms with Gasteiger partial charge in [0.2, 0.25) is 0 Å². The Kier molecular flexibility index (Phi) is 7.82. The number of aliphatic hydroxyl groups excluding tert-OH is 1. The Balaban J connectivity index is 0.00000180. The smallest absolute Gasteiger partial charge is 0.124 e. The van der Waals surface area contributed by atoms with Gasteiger partial charge in [-0.15, -0.1) is 12.4 Å². The van der Waals surface area contributed by atoms with Crippen molar-refractivity contribution in [3.63, 3.8) is 0 Å². The largest absolute Gasteiger partial charge is 0.493 e. The Morgan fingerprint density at radius 3 is 2.68 bits per heavy atom. The van der Waals surface area contributed by atoms with E-state index in [2.05, 4.69) is 4.90 Å². The van der Waals surface area contributed by atoms with Gasteiger partial charge in [0.05, 0.1) is 26.4 Å². The van der Waals surface area contributed by atoms with E-state index in [0.29, 0.717) is 6.61 Å². The second-order valence-electron chi connectivity index (χ2n) is 4.42. The molecular weight excluding hydrogens is 266 g/mol. The fraction of sp³-hybridized carbons (Fsp3) is 0.571. The van der Waals surface area contributed by atoms with Gasteiger partial charge in [-0.25, -0.2) is 0 Å². The van der Waals surface area contributed by atoms with Gasteiger partial charge in [0.25, 0.3) is 0 Å². The number of halogens is 1. The number of aliphatic hydroxyl groups is 1. The molecule has 19 heavy (non-hydrogen) atoms. The summed E-state index contributed by atoms with van der Waals surface area (Å²) >= 11 is 0. The van der Waals surface area contributed by atoms with Crippen molar-refractivity contribution in [1.82, 2.24) is 4.90 Å². The maximum Gasteiger partial charge on any atom is 0.124 e. The minimum absolute atomic E-state index is 0. The van der Waals surface area contributed by atoms with E-state index in [1.807, 2.05) is 24.3 Å². The second-order valence-corrected chi connectivity index (χ2v) is 4.42. The molecule has 0 spiro atoms. The lowest BCUT2D eigenvalue weighted by Gasteiger charge is -2.26. The maximum absolute atomic E-state index is 9.18. The minimum Gasteiger partial charge on any atom is -0.493 e. The van der Waals surface area contributed by atoms with Crippen LogP contribution in [-0.2, 0) is 11.3 Å². The van der Waals surface area contributed by atoms with E-state index in [9.17, 15) is 5.11 Å². The van der Waals surface area contributed by atoms with Crippen molar-refractivity contribution < 1.29 is 14.6 Å². The first-order valence-electron chi connectivity index (χ1n) is 6.52. The van der Waals surface area contributed by atoms with Crippen molar-refractivity contribution in [2.45, 2.75) is 13.0 Å². The van der Waals surface area contributed by atoms with Gasteiger partial charge in [0.1, 0.15) is 5.75 Å². The summed E-state index contributed by atoms with van der Waals surface area (Å²) in [6.07, 6.45) is 1.000. The summed E-state index contributed by atoms with van der Waals surface area (Å²) in [5.41, 5.74) is 0.851. The molecule has 1 heterocycles. The lowest BCUT2D eigenvalue weighted by molar-refractivity contribution is 0.0357. The molecule has 108 valence electrons. The van der Waals surface area contributed by atoms with Crippen LogP contribution in [0.1, 0.15) is 12.0 Å². The predicted octanol–water partition coefficient (Wildman–Crippen LogP) is 1.70. The first-order valence-corrected chi connectivity index (χ1v) is 6.52. The SMILES string of the molecule is Cl.OCc1ccccc1OCCCN1CCOCC1. The first kappa shape index (κ1) is 16.2. The van der Waals surface area contributed by atoms with Crippen molar-refractivity contribution in [3.05, 3.63) is 29.8 Å². The van der Waals surface area contributed by atoms with E-state index in [1.165, 1.54) is 0 Å². The van der Waals surface area contributed by atoms with Gasteiger partial charge in [0, 0.05) is 25.2 Å². The molecule has 5 heteroatoms. The van der Waals surface area contributed by atoms with Crippen LogP contribution >= 0.6 is 12.4 Å². The van der Waals surface area contributed by atoms with Crippen molar-refractivity contribution in [2.24, 2.45) is 0 Å². The third-order valence-electron chi connectivity index (χ3n) is 3.12. The molecule has 0 atom stereocenters. The molecule has 1 N–H and O–H groups in total. The standard InChI is InChI=1S/C14H21NO3.ClH/c16-12-13-4-1-2-5-14(13)18-9-3-6-15-7-10-17-11-8-15;/h1-2,4-5,16H,3,6-12H2;1H. The van der Waals surface area contributed by atoms with E-state index >= 15 is 0 Å². The van der Waals surface area contributed by atoms with Gasteiger partial charge in [-0.05, 0) is 12.5 Å². The summed E-state index contributed by atoms with van der Waals surface area (Å²) in [6, 6.07) is 7.63. The van der Waals surface area contributed by atoms with Crippen LogP contribution in [0.3, 0.4) is 0 Å². The molecule has 4 nitrogen and oxygen atoms in total. The van der Waals surface area contributed by atoms with E-state index in [-0.39, 0.29) is 19.0 Å². The number of hydrogen-bond acceptors (Lipinski definition) is 4. The zero-order chi connectivity index (χ0) is 12.6. The summed E-state index contributed by atoms with van der Waals surface area (Å²) in [6.45, 7) is 5.49. The minimum atomic E-state index is 0. The molecule has 0 unspecified atom stereocenters. The number of nitrogens with zero attached hydrogens (tertiary/aromatic N) is 1. The third-order valence-corrected chi connectivity index (χ3v) is 3.12. The summed E-state index contributed by atoms with van der Waals surface area (Å²) in [7, 11) is 0. The number of benzene rings is 1. The van der Waals surface area contributed by atoms with Crippen LogP contribution in [0.5, 0.6) is 5.75 Å². The number of hydrogen-bond donors (Lipinski definition) is 1. The highest BCUT2D eigenvalue weighted by Gasteiger charge is 2.09. The molecule has 2 rings (SSSR count). The molecule has 1 aromatic rings. The number of morpholine rings is 1. The summed E-state index contributed by atoms with van der Waals surface area (Å²) in [5.74, 6) is 0.793. The summed E-state index contributed by atoms with van der Waals surface area (Å²) < 4.78 is 11.0. The van der Waals surface area contributed by atoms with Crippen LogP contribution in [0, 0.1) is 0 Å². The molecule has 0 aromatic heterocycles. The van der Waals surface area contributed by atoms with Crippen molar-refractivity contribution in [1.29, 1.82) is 0 Å². The van der Waals surface area contributed by atoms with Crippen molar-refractivity contribution in [3.8, 4) is 5.75 Å². The van der Waals surface area contributed by atoms with Gasteiger partial charge < -0.3 is 14.6 Å². The average Bonchev–Trinajstić information content (AvgIpc) is 2.45. The van der Waals surface area contributed by atoms with Crippen LogP contribution in [0.4, 0.5) is 0 Å². The topological polar surface area (TPSA) is 41.9 Å². The second kappa shape index (κ2) is 9.15. The molecule has 0 radical (unpaired) electrons. The molecular formula is C14H22ClNO3. The molecule has 0 aliphatic carbocycles. The van der Waals surface area contributed by atoms with Gasteiger partial charge in [-0.1, -0.05) is 18.2 Å². The first-order chi connectivity index (χ1) is 8.90. The van der Waals surface area contributed by atoms with Crippen LogP contribution in [-0.4, -0.2) is 49.5 Å². The monoisotopic (exact) mass is 287 g/mol. The zero-order valence-corrected chi connectivity index (χ0v) is 11.9. The highest BCUT2D eigenvalue weighted by atomic mass is 35.5. The Labute approximate surface area is 120 Å². The highest BCUT2D eigenvalue weighted by molar-refractivity contribution is 5.85. The Hall–Kier alpha value is -0.810. The quantitative estimate of drug-likeness (QED) is 0.809. The number of rotatable bonds is 6. The molecule has 0 amide bonds. The molecule has 1 aliphatic heterocycles. The van der Waals surface area contributed by atoms with E-state index in [0.717, 1.165) is 50.6 Å². The fourth-order valence-electron chi connectivity index (χ4n) is 2.07. The fourth-order valence-corrected chi connectivity index (χ4v) is 2.07. The van der Waals surface area contributed by atoms with E-state index < -0.39 is 0 Å². The molecule has 0 saturated carbocycles. The van der Waals surface area contributed by atoms with Gasteiger partial charge >= 0.3 is 0 Å². The highest BCUT2D eigenvalue weighted by Crippen LogP contribution is 2.17. The number of para-hydroxylation sites is 1. The van der Waals surface area contributed by atoms with Gasteiger partial charge in [-0.3, -0.25) is 4.90 Å². The Morgan fingerprint density at radius 1 is 1.21 bits per heavy atom. The molecule has 1 aromatic carbocycles. The van der Waals surface area contributed by atoms with Crippen LogP contribution in [0.15, 0.2) is 24.3 Å². The van der Waals surface area contributed by atoms with Crippen LogP contribution in [0.2, 0.25) is 0 Å². The average molecular weight is 288 g/mol. The maximum atomic E-state index is 9.18. The normalized spacial score (nSPS) is 15.8. The lowest BCUT2D eigenvalue weighted by Crippen LogP contribution is -2.37.